The minimum absolute atomic E-state index is 0.439. The fourth-order valence-electron chi connectivity index (χ4n) is 1.48. The van der Waals surface area contributed by atoms with Crippen molar-refractivity contribution in [2.24, 2.45) is 5.73 Å². The molecule has 0 aliphatic rings. The summed E-state index contributed by atoms with van der Waals surface area (Å²) >= 11 is 0. The number of rotatable bonds is 2. The number of nitrogens with zero attached hydrogens (tertiary/aromatic N) is 1. The van der Waals surface area contributed by atoms with Crippen molar-refractivity contribution in [3.8, 4) is 11.3 Å². The van der Waals surface area contributed by atoms with Crippen LogP contribution >= 0.6 is 0 Å². The molecule has 0 saturated heterocycles. The summed E-state index contributed by atoms with van der Waals surface area (Å²) in [5.41, 5.74) is 8.22. The first-order chi connectivity index (χ1) is 7.18. The number of hydrogen-bond acceptors (Lipinski definition) is 2. The van der Waals surface area contributed by atoms with Gasteiger partial charge in [0.2, 0.25) is 5.91 Å². The van der Waals surface area contributed by atoms with Crippen molar-refractivity contribution in [2.45, 2.75) is 6.92 Å². The number of hydrogen-bond donors (Lipinski definition) is 2. The molecule has 0 atom stereocenters. The van der Waals surface area contributed by atoms with E-state index in [1.807, 2.05) is 25.1 Å². The standard InChI is InChI=1S/C11H11N3O/c1-7-6-10(14-13-7)8-4-2-3-5-9(8)11(12)15/h2-6H,1H3,(H2,12,15)(H,13,14). The van der Waals surface area contributed by atoms with Gasteiger partial charge in [0.1, 0.15) is 0 Å². The predicted molar refractivity (Wildman–Crippen MR) is 57.3 cm³/mol. The Kier molecular flexibility index (Phi) is 2.25. The molecule has 0 spiro atoms. The van der Waals surface area contributed by atoms with Gasteiger partial charge in [0.25, 0.3) is 0 Å². The zero-order valence-corrected chi connectivity index (χ0v) is 8.32. The summed E-state index contributed by atoms with van der Waals surface area (Å²) in [6.07, 6.45) is 0. The number of carbonyl (C=O) groups excluding carboxylic acids is 1. The van der Waals surface area contributed by atoms with Gasteiger partial charge in [-0.25, -0.2) is 0 Å². The number of H-pyrrole nitrogens is 1. The summed E-state index contributed by atoms with van der Waals surface area (Å²) in [5, 5.41) is 6.93. The first-order valence-corrected chi connectivity index (χ1v) is 4.59. The lowest BCUT2D eigenvalue weighted by atomic mass is 10.0. The molecule has 0 bridgehead atoms. The van der Waals surface area contributed by atoms with E-state index in [-0.39, 0.29) is 0 Å². The second kappa shape index (κ2) is 3.57. The third-order valence-electron chi connectivity index (χ3n) is 2.17. The number of primary amides is 1. The van der Waals surface area contributed by atoms with Gasteiger partial charge in [0, 0.05) is 16.8 Å². The molecule has 1 heterocycles. The molecule has 2 aromatic rings. The second-order valence-corrected chi connectivity index (χ2v) is 3.35. The summed E-state index contributed by atoms with van der Waals surface area (Å²) < 4.78 is 0. The van der Waals surface area contributed by atoms with E-state index < -0.39 is 5.91 Å². The molecule has 0 aliphatic carbocycles. The lowest BCUT2D eigenvalue weighted by Crippen LogP contribution is -2.12. The van der Waals surface area contributed by atoms with Crippen molar-refractivity contribution in [3.63, 3.8) is 0 Å². The number of amides is 1. The minimum Gasteiger partial charge on any atom is -0.366 e. The van der Waals surface area contributed by atoms with Gasteiger partial charge in [-0.1, -0.05) is 18.2 Å². The van der Waals surface area contributed by atoms with Crippen LogP contribution in [-0.4, -0.2) is 16.1 Å². The first kappa shape index (κ1) is 9.45. The number of nitrogens with one attached hydrogen (secondary N) is 1. The Morgan fingerprint density at radius 2 is 2.13 bits per heavy atom. The zero-order chi connectivity index (χ0) is 10.8. The van der Waals surface area contributed by atoms with Crippen LogP contribution in [-0.2, 0) is 0 Å². The summed E-state index contributed by atoms with van der Waals surface area (Å²) in [7, 11) is 0. The molecule has 3 N–H and O–H groups in total. The van der Waals surface area contributed by atoms with Crippen LogP contribution in [0.25, 0.3) is 11.3 Å². The molecular formula is C11H11N3O. The van der Waals surface area contributed by atoms with Gasteiger partial charge in [-0.2, -0.15) is 5.10 Å². The average Bonchev–Trinajstić information content (AvgIpc) is 2.65. The maximum atomic E-state index is 11.2. The number of carbonyl (C=O) groups is 1. The lowest BCUT2D eigenvalue weighted by Gasteiger charge is -2.02. The topological polar surface area (TPSA) is 71.8 Å². The van der Waals surface area contributed by atoms with Gasteiger partial charge >= 0.3 is 0 Å². The van der Waals surface area contributed by atoms with Crippen molar-refractivity contribution < 1.29 is 4.79 Å². The highest BCUT2D eigenvalue weighted by Crippen LogP contribution is 2.21. The maximum absolute atomic E-state index is 11.2. The second-order valence-electron chi connectivity index (χ2n) is 3.35. The molecule has 4 heteroatoms. The van der Waals surface area contributed by atoms with Crippen LogP contribution in [0, 0.1) is 6.92 Å². The Balaban J connectivity index is 2.57. The van der Waals surface area contributed by atoms with Crippen molar-refractivity contribution in [1.82, 2.24) is 10.2 Å². The lowest BCUT2D eigenvalue weighted by molar-refractivity contribution is 0.100. The summed E-state index contributed by atoms with van der Waals surface area (Å²) in [6.45, 7) is 1.91. The first-order valence-electron chi connectivity index (χ1n) is 4.59. The molecule has 2 rings (SSSR count). The normalized spacial score (nSPS) is 10.2. The highest BCUT2D eigenvalue weighted by molar-refractivity contribution is 5.99. The van der Waals surface area contributed by atoms with E-state index in [9.17, 15) is 4.79 Å². The third kappa shape index (κ3) is 1.74. The van der Waals surface area contributed by atoms with Crippen LogP contribution < -0.4 is 5.73 Å². The van der Waals surface area contributed by atoms with Gasteiger partial charge in [-0.3, -0.25) is 9.89 Å². The molecule has 1 amide bonds. The molecule has 76 valence electrons. The molecule has 1 aromatic carbocycles. The van der Waals surface area contributed by atoms with Crippen LogP contribution in [0.2, 0.25) is 0 Å². The Bertz CT molecular complexity index is 502. The fourth-order valence-corrected chi connectivity index (χ4v) is 1.48. The quantitative estimate of drug-likeness (QED) is 0.772. The fraction of sp³-hybridized carbons (Fsp3) is 0.0909. The highest BCUT2D eigenvalue weighted by atomic mass is 16.1. The SMILES string of the molecule is Cc1cc(-c2ccccc2C(N)=O)n[nH]1. The monoisotopic (exact) mass is 201 g/mol. The van der Waals surface area contributed by atoms with E-state index >= 15 is 0 Å². The number of aryl methyl sites for hydroxylation is 1. The molecule has 0 fully saturated rings. The third-order valence-corrected chi connectivity index (χ3v) is 2.17. The molecule has 1 aromatic heterocycles. The zero-order valence-electron chi connectivity index (χ0n) is 8.32. The molecular weight excluding hydrogens is 190 g/mol. The Hall–Kier alpha value is -2.10. The van der Waals surface area contributed by atoms with Crippen LogP contribution in [0.15, 0.2) is 30.3 Å². The van der Waals surface area contributed by atoms with Gasteiger partial charge in [0.15, 0.2) is 0 Å². The van der Waals surface area contributed by atoms with Crippen LogP contribution in [0.1, 0.15) is 16.1 Å². The molecule has 0 unspecified atom stereocenters. The van der Waals surface area contributed by atoms with Gasteiger partial charge in [0.05, 0.1) is 5.69 Å². The van der Waals surface area contributed by atoms with E-state index in [0.717, 1.165) is 17.0 Å². The predicted octanol–water partition coefficient (Wildman–Crippen LogP) is 1.48. The number of aromatic nitrogens is 2. The maximum Gasteiger partial charge on any atom is 0.249 e. The highest BCUT2D eigenvalue weighted by Gasteiger charge is 2.10. The van der Waals surface area contributed by atoms with E-state index in [1.165, 1.54) is 0 Å². The number of benzene rings is 1. The molecule has 0 saturated carbocycles. The summed E-state index contributed by atoms with van der Waals surface area (Å²) in [4.78, 5) is 11.2. The van der Waals surface area contributed by atoms with Crippen molar-refractivity contribution in [2.75, 3.05) is 0 Å². The van der Waals surface area contributed by atoms with Crippen molar-refractivity contribution in [1.29, 1.82) is 0 Å². The average molecular weight is 201 g/mol. The van der Waals surface area contributed by atoms with Gasteiger partial charge in [-0.15, -0.1) is 0 Å². The summed E-state index contributed by atoms with van der Waals surface area (Å²) in [5.74, 6) is -0.439. The molecule has 15 heavy (non-hydrogen) atoms. The number of aromatic amines is 1. The van der Waals surface area contributed by atoms with E-state index in [2.05, 4.69) is 10.2 Å². The molecule has 4 nitrogen and oxygen atoms in total. The van der Waals surface area contributed by atoms with Crippen LogP contribution in [0.3, 0.4) is 0 Å². The smallest absolute Gasteiger partial charge is 0.249 e. The van der Waals surface area contributed by atoms with Gasteiger partial charge < -0.3 is 5.73 Å². The molecule has 0 radical (unpaired) electrons. The van der Waals surface area contributed by atoms with Crippen molar-refractivity contribution in [3.05, 3.63) is 41.6 Å². The van der Waals surface area contributed by atoms with E-state index in [4.69, 9.17) is 5.73 Å². The molecule has 0 aliphatic heterocycles. The summed E-state index contributed by atoms with van der Waals surface area (Å²) in [6, 6.07) is 9.04. The van der Waals surface area contributed by atoms with E-state index in [1.54, 1.807) is 12.1 Å². The van der Waals surface area contributed by atoms with Gasteiger partial charge in [-0.05, 0) is 19.1 Å². The Morgan fingerprint density at radius 3 is 2.73 bits per heavy atom. The Morgan fingerprint density at radius 1 is 1.40 bits per heavy atom. The Labute approximate surface area is 87.1 Å². The van der Waals surface area contributed by atoms with Crippen molar-refractivity contribution >= 4 is 5.91 Å². The minimum atomic E-state index is -0.439. The largest absolute Gasteiger partial charge is 0.366 e. The van der Waals surface area contributed by atoms with Crippen LogP contribution in [0.4, 0.5) is 0 Å². The van der Waals surface area contributed by atoms with E-state index in [0.29, 0.717) is 5.56 Å². The van der Waals surface area contributed by atoms with Crippen LogP contribution in [0.5, 0.6) is 0 Å². The number of nitrogens with two attached hydrogens (primary N) is 1.